The molecule has 0 aliphatic carbocycles. The summed E-state index contributed by atoms with van der Waals surface area (Å²) in [7, 11) is 0. The molecule has 0 bridgehead atoms. The fourth-order valence-corrected chi connectivity index (χ4v) is 2.57. The van der Waals surface area contributed by atoms with Crippen molar-refractivity contribution >= 4 is 11.6 Å². The number of amides is 1. The van der Waals surface area contributed by atoms with Crippen LogP contribution in [0.25, 0.3) is 0 Å². The highest BCUT2D eigenvalue weighted by Gasteiger charge is 2.16. The van der Waals surface area contributed by atoms with Crippen molar-refractivity contribution in [2.24, 2.45) is 5.92 Å². The zero-order chi connectivity index (χ0) is 13.7. The maximum atomic E-state index is 11.2. The number of hydrogen-bond acceptors (Lipinski definition) is 2. The van der Waals surface area contributed by atoms with E-state index in [-0.39, 0.29) is 5.91 Å². The highest BCUT2D eigenvalue weighted by atomic mass is 16.1. The third-order valence-electron chi connectivity index (χ3n) is 3.77. The van der Waals surface area contributed by atoms with Crippen LogP contribution >= 0.6 is 0 Å². The SMILES string of the molecule is CCC(=O)NCc1ccc(N2CCC[C@H](C)C2)cc1. The molecule has 0 spiro atoms. The normalized spacial score (nSPS) is 19.3. The molecule has 3 heteroatoms. The molecule has 0 saturated carbocycles. The van der Waals surface area contributed by atoms with Gasteiger partial charge in [0.15, 0.2) is 0 Å². The first-order chi connectivity index (χ1) is 9.19. The lowest BCUT2D eigenvalue weighted by Gasteiger charge is -2.32. The standard InChI is InChI=1S/C16H24N2O/c1-3-16(19)17-11-14-6-8-15(9-7-14)18-10-4-5-13(2)12-18/h6-9,13H,3-5,10-12H2,1-2H3,(H,17,19)/t13-/m0/s1. The number of carbonyl (C=O) groups is 1. The molecule has 104 valence electrons. The highest BCUT2D eigenvalue weighted by molar-refractivity contribution is 5.75. The second-order valence-corrected chi connectivity index (χ2v) is 5.49. The Hall–Kier alpha value is -1.51. The second-order valence-electron chi connectivity index (χ2n) is 5.49. The van der Waals surface area contributed by atoms with Gasteiger partial charge in [-0.3, -0.25) is 4.79 Å². The van der Waals surface area contributed by atoms with Crippen LogP contribution in [0.15, 0.2) is 24.3 Å². The van der Waals surface area contributed by atoms with E-state index in [9.17, 15) is 4.79 Å². The molecule has 1 amide bonds. The summed E-state index contributed by atoms with van der Waals surface area (Å²) < 4.78 is 0. The van der Waals surface area contributed by atoms with Gasteiger partial charge in [0, 0.05) is 31.7 Å². The Morgan fingerprint density at radius 1 is 1.37 bits per heavy atom. The molecule has 3 nitrogen and oxygen atoms in total. The molecule has 1 saturated heterocycles. The number of nitrogens with one attached hydrogen (secondary N) is 1. The first-order valence-corrected chi connectivity index (χ1v) is 7.29. The van der Waals surface area contributed by atoms with Gasteiger partial charge in [-0.1, -0.05) is 26.0 Å². The van der Waals surface area contributed by atoms with Crippen LogP contribution in [-0.4, -0.2) is 19.0 Å². The van der Waals surface area contributed by atoms with E-state index >= 15 is 0 Å². The van der Waals surface area contributed by atoms with Crippen LogP contribution in [-0.2, 0) is 11.3 Å². The molecule has 1 aromatic carbocycles. The molecule has 0 unspecified atom stereocenters. The Morgan fingerprint density at radius 2 is 2.11 bits per heavy atom. The number of benzene rings is 1. The summed E-state index contributed by atoms with van der Waals surface area (Å²) >= 11 is 0. The largest absolute Gasteiger partial charge is 0.371 e. The molecule has 19 heavy (non-hydrogen) atoms. The van der Waals surface area contributed by atoms with Gasteiger partial charge in [-0.15, -0.1) is 0 Å². The summed E-state index contributed by atoms with van der Waals surface area (Å²) in [6, 6.07) is 8.58. The maximum absolute atomic E-state index is 11.2. The quantitative estimate of drug-likeness (QED) is 0.902. The zero-order valence-electron chi connectivity index (χ0n) is 12.0. The lowest BCUT2D eigenvalue weighted by molar-refractivity contribution is -0.120. The van der Waals surface area contributed by atoms with E-state index in [1.54, 1.807) is 0 Å². The first kappa shape index (κ1) is 13.9. The summed E-state index contributed by atoms with van der Waals surface area (Å²) in [5, 5.41) is 2.90. The highest BCUT2D eigenvalue weighted by Crippen LogP contribution is 2.23. The van der Waals surface area contributed by atoms with Crippen molar-refractivity contribution in [3.8, 4) is 0 Å². The van der Waals surface area contributed by atoms with Gasteiger partial charge in [-0.25, -0.2) is 0 Å². The van der Waals surface area contributed by atoms with Crippen LogP contribution in [0.1, 0.15) is 38.7 Å². The van der Waals surface area contributed by atoms with Gasteiger partial charge in [0.05, 0.1) is 0 Å². The van der Waals surface area contributed by atoms with Gasteiger partial charge in [0.1, 0.15) is 0 Å². The van der Waals surface area contributed by atoms with E-state index in [4.69, 9.17) is 0 Å². The molecular weight excluding hydrogens is 236 g/mol. The molecule has 1 N–H and O–H groups in total. The van der Waals surface area contributed by atoms with E-state index in [0.29, 0.717) is 13.0 Å². The molecule has 1 atom stereocenters. The van der Waals surface area contributed by atoms with Crippen LogP contribution < -0.4 is 10.2 Å². The van der Waals surface area contributed by atoms with Crippen LogP contribution in [0, 0.1) is 5.92 Å². The van der Waals surface area contributed by atoms with Crippen LogP contribution in [0.5, 0.6) is 0 Å². The van der Waals surface area contributed by atoms with Crippen LogP contribution in [0.2, 0.25) is 0 Å². The average molecular weight is 260 g/mol. The van der Waals surface area contributed by atoms with Crippen molar-refractivity contribution in [3.05, 3.63) is 29.8 Å². The lowest BCUT2D eigenvalue weighted by Crippen LogP contribution is -2.34. The minimum absolute atomic E-state index is 0.105. The Kier molecular flexibility index (Phi) is 4.83. The predicted molar refractivity (Wildman–Crippen MR) is 79.2 cm³/mol. The molecular formula is C16H24N2O. The van der Waals surface area contributed by atoms with Crippen molar-refractivity contribution in [3.63, 3.8) is 0 Å². The fraction of sp³-hybridized carbons (Fsp3) is 0.562. The summed E-state index contributed by atoms with van der Waals surface area (Å²) in [5.41, 5.74) is 2.47. The van der Waals surface area contributed by atoms with Gasteiger partial charge in [0.2, 0.25) is 5.91 Å². The minimum Gasteiger partial charge on any atom is -0.371 e. The molecule has 1 aliphatic heterocycles. The first-order valence-electron chi connectivity index (χ1n) is 7.29. The van der Waals surface area contributed by atoms with Crippen molar-refractivity contribution in [2.75, 3.05) is 18.0 Å². The molecule has 0 aromatic heterocycles. The lowest BCUT2D eigenvalue weighted by atomic mass is 9.99. The molecule has 1 aromatic rings. The fourth-order valence-electron chi connectivity index (χ4n) is 2.57. The predicted octanol–water partition coefficient (Wildman–Crippen LogP) is 2.95. The van der Waals surface area contributed by atoms with Crippen molar-refractivity contribution in [1.82, 2.24) is 5.32 Å². The summed E-state index contributed by atoms with van der Waals surface area (Å²) in [6.07, 6.45) is 3.18. The second kappa shape index (κ2) is 6.60. The number of nitrogens with zero attached hydrogens (tertiary/aromatic N) is 1. The summed E-state index contributed by atoms with van der Waals surface area (Å²) in [4.78, 5) is 13.7. The summed E-state index contributed by atoms with van der Waals surface area (Å²) in [5.74, 6) is 0.895. The van der Waals surface area contributed by atoms with E-state index in [0.717, 1.165) is 24.6 Å². The van der Waals surface area contributed by atoms with Gasteiger partial charge < -0.3 is 10.2 Å². The van der Waals surface area contributed by atoms with Gasteiger partial charge in [-0.05, 0) is 36.5 Å². The van der Waals surface area contributed by atoms with E-state index in [1.807, 2.05) is 6.92 Å². The molecule has 1 aliphatic rings. The summed E-state index contributed by atoms with van der Waals surface area (Å²) in [6.45, 7) is 7.14. The third kappa shape index (κ3) is 3.98. The van der Waals surface area contributed by atoms with Crippen LogP contribution in [0.3, 0.4) is 0 Å². The van der Waals surface area contributed by atoms with E-state index in [2.05, 4.69) is 41.4 Å². The average Bonchev–Trinajstić information content (AvgIpc) is 2.45. The van der Waals surface area contributed by atoms with Crippen molar-refractivity contribution < 1.29 is 4.79 Å². The number of anilines is 1. The van der Waals surface area contributed by atoms with Crippen molar-refractivity contribution in [1.29, 1.82) is 0 Å². The minimum atomic E-state index is 0.105. The number of carbonyl (C=O) groups excluding carboxylic acids is 1. The van der Waals surface area contributed by atoms with Gasteiger partial charge >= 0.3 is 0 Å². The molecule has 1 fully saturated rings. The van der Waals surface area contributed by atoms with Gasteiger partial charge in [0.25, 0.3) is 0 Å². The maximum Gasteiger partial charge on any atom is 0.219 e. The Morgan fingerprint density at radius 3 is 2.74 bits per heavy atom. The Balaban J connectivity index is 1.92. The monoisotopic (exact) mass is 260 g/mol. The van der Waals surface area contributed by atoms with Gasteiger partial charge in [-0.2, -0.15) is 0 Å². The molecule has 2 rings (SSSR count). The van der Waals surface area contributed by atoms with E-state index < -0.39 is 0 Å². The van der Waals surface area contributed by atoms with E-state index in [1.165, 1.54) is 18.5 Å². The number of hydrogen-bond donors (Lipinski definition) is 1. The number of piperidine rings is 1. The van der Waals surface area contributed by atoms with Crippen molar-refractivity contribution in [2.45, 2.75) is 39.7 Å². The molecule has 1 heterocycles. The number of rotatable bonds is 4. The topological polar surface area (TPSA) is 32.3 Å². The smallest absolute Gasteiger partial charge is 0.219 e. The Labute approximate surface area is 116 Å². The molecule has 0 radical (unpaired) electrons. The third-order valence-corrected chi connectivity index (χ3v) is 3.77. The Bertz CT molecular complexity index is 413. The van der Waals surface area contributed by atoms with Crippen LogP contribution in [0.4, 0.5) is 5.69 Å². The zero-order valence-corrected chi connectivity index (χ0v) is 12.0.